The molecular weight excluding hydrogens is 886 g/mol. The third-order valence-corrected chi connectivity index (χ3v) is 18.6. The molecule has 0 spiro atoms. The van der Waals surface area contributed by atoms with Crippen molar-refractivity contribution >= 4 is 56.3 Å². The molecule has 5 heteroatoms. The zero-order chi connectivity index (χ0) is 47.8. The van der Waals surface area contributed by atoms with Crippen molar-refractivity contribution in [3.63, 3.8) is 0 Å². The number of aromatic nitrogens is 2. The summed E-state index contributed by atoms with van der Waals surface area (Å²) in [7, 11) is 0. The monoisotopic (exact) mass is 943 g/mol. The number of benzene rings is 8. The summed E-state index contributed by atoms with van der Waals surface area (Å²) in [6.45, 7) is -0.0522. The Bertz CT molecular complexity index is 3820. The lowest BCUT2D eigenvalue weighted by Crippen LogP contribution is -2.64. The third kappa shape index (κ3) is 5.97. The molecule has 0 N–H and O–H groups in total. The van der Waals surface area contributed by atoms with E-state index in [0.717, 1.165) is 37.2 Å². The lowest BCUT2D eigenvalue weighted by atomic mass is 9.30. The molecule has 0 saturated heterocycles. The van der Waals surface area contributed by atoms with Gasteiger partial charge < -0.3 is 18.8 Å². The van der Waals surface area contributed by atoms with E-state index >= 15 is 0 Å². The Morgan fingerprint density at radius 1 is 0.452 bits per heavy atom. The van der Waals surface area contributed by atoms with Crippen LogP contribution in [0.2, 0.25) is 0 Å². The minimum absolute atomic E-state index is 0.0522. The zero-order valence-electron chi connectivity index (χ0n) is 41.5. The van der Waals surface area contributed by atoms with Gasteiger partial charge in [-0.05, 0) is 157 Å². The van der Waals surface area contributed by atoms with E-state index in [1.54, 1.807) is 0 Å². The highest BCUT2D eigenvalue weighted by Gasteiger charge is 2.52. The number of fused-ring (bicyclic) bond motifs is 13. The Hall–Kier alpha value is -7.50. The summed E-state index contributed by atoms with van der Waals surface area (Å²) in [5, 5.41) is 2.80. The van der Waals surface area contributed by atoms with Gasteiger partial charge in [0.15, 0.2) is 0 Å². The van der Waals surface area contributed by atoms with Gasteiger partial charge in [-0.25, -0.2) is 0 Å². The number of para-hydroxylation sites is 3. The van der Waals surface area contributed by atoms with Crippen molar-refractivity contribution in [2.24, 2.45) is 0 Å². The van der Waals surface area contributed by atoms with E-state index < -0.39 is 5.41 Å². The second kappa shape index (κ2) is 16.3. The second-order valence-corrected chi connectivity index (χ2v) is 22.1. The summed E-state index contributed by atoms with van der Waals surface area (Å²) < 4.78 is 12.9. The number of ether oxygens (including phenoxy) is 1. The van der Waals surface area contributed by atoms with Gasteiger partial charge in [0.05, 0.1) is 16.4 Å². The lowest BCUT2D eigenvalue weighted by Gasteiger charge is -2.47. The Morgan fingerprint density at radius 3 is 1.71 bits per heavy atom. The fourth-order valence-corrected chi connectivity index (χ4v) is 15.7. The Morgan fingerprint density at radius 2 is 1.01 bits per heavy atom. The van der Waals surface area contributed by atoms with E-state index in [2.05, 4.69) is 196 Å². The molecule has 0 bridgehead atoms. The smallest absolute Gasteiger partial charge is 0.251 e. The van der Waals surface area contributed by atoms with E-state index in [-0.39, 0.29) is 6.71 Å². The van der Waals surface area contributed by atoms with Crippen molar-refractivity contribution in [1.82, 2.24) is 9.13 Å². The van der Waals surface area contributed by atoms with Crippen molar-refractivity contribution in [2.45, 2.75) is 101 Å². The molecule has 4 nitrogen and oxygen atoms in total. The Balaban J connectivity index is 1.01. The van der Waals surface area contributed by atoms with Gasteiger partial charge in [0.1, 0.15) is 11.5 Å². The standard InChI is InChI=1S/C68H58BN3O/c1-4-20-44(21-5-1)68(45-22-6-2-7-23-45)55-40-46(70-59-31-15-10-25-50(59)51-26-11-16-32-60(51)70)36-38-57(55)69-58-39-37-47(71-61-33-17-12-27-52(61)53-28-13-18-34-62(53)71)42-65(58)73-66-43-48(41-56(68)67(66)69)72-63-30-9-3-8-24-49(63)54-29-14-19-35-64(54)72/h1-2,4-7,10,12,14-15,17,19-23,25,27,29,31,33,35-43,49,63H,3,8-9,11,13,16,18,24,26,28,30,32,34H2. The molecule has 8 aromatic carbocycles. The largest absolute Gasteiger partial charge is 0.458 e. The van der Waals surface area contributed by atoms with Crippen molar-refractivity contribution in [2.75, 3.05) is 4.90 Å². The minimum Gasteiger partial charge on any atom is -0.458 e. The highest BCUT2D eigenvalue weighted by molar-refractivity contribution is 6.98. The predicted octanol–water partition coefficient (Wildman–Crippen LogP) is 14.2. The van der Waals surface area contributed by atoms with E-state index in [9.17, 15) is 0 Å². The quantitative estimate of drug-likeness (QED) is 0.160. The molecule has 354 valence electrons. The topological polar surface area (TPSA) is 22.3 Å². The van der Waals surface area contributed by atoms with Crippen LogP contribution in [0.3, 0.4) is 0 Å². The first-order chi connectivity index (χ1) is 36.2. The minimum atomic E-state index is -0.681. The van der Waals surface area contributed by atoms with Crippen LogP contribution in [0.4, 0.5) is 11.4 Å². The molecule has 1 fully saturated rings. The van der Waals surface area contributed by atoms with Gasteiger partial charge in [0.2, 0.25) is 0 Å². The summed E-state index contributed by atoms with van der Waals surface area (Å²) in [5.41, 5.74) is 23.5. The van der Waals surface area contributed by atoms with Crippen LogP contribution < -0.4 is 26.0 Å². The first kappa shape index (κ1) is 42.1. The van der Waals surface area contributed by atoms with Crippen molar-refractivity contribution in [3.05, 3.63) is 232 Å². The number of rotatable bonds is 5. The van der Waals surface area contributed by atoms with Crippen LogP contribution in [0.5, 0.6) is 11.5 Å². The molecule has 2 unspecified atom stereocenters. The summed E-state index contributed by atoms with van der Waals surface area (Å²) in [6, 6.07) is 70.9. The summed E-state index contributed by atoms with van der Waals surface area (Å²) in [4.78, 5) is 2.76. The number of nitrogens with zero attached hydrogens (tertiary/aromatic N) is 3. The molecule has 16 rings (SSSR count). The number of anilines is 2. The molecule has 1 saturated carbocycles. The predicted molar refractivity (Wildman–Crippen MR) is 301 cm³/mol. The summed E-state index contributed by atoms with van der Waals surface area (Å²) in [5.74, 6) is 2.44. The van der Waals surface area contributed by atoms with Gasteiger partial charge in [0.25, 0.3) is 6.71 Å². The van der Waals surface area contributed by atoms with E-state index in [0.29, 0.717) is 12.0 Å². The van der Waals surface area contributed by atoms with E-state index in [1.165, 1.54) is 169 Å². The number of aryl methyl sites for hydroxylation is 2. The van der Waals surface area contributed by atoms with Gasteiger partial charge in [-0.2, -0.15) is 0 Å². The summed E-state index contributed by atoms with van der Waals surface area (Å²) in [6.07, 6.45) is 15.6. The molecule has 6 aliphatic rings. The number of hydrogen-bond donors (Lipinski definition) is 0. The molecule has 10 aromatic rings. The molecular formula is C68H58BN3O. The molecule has 0 amide bonds. The van der Waals surface area contributed by atoms with E-state index in [4.69, 9.17) is 4.74 Å². The molecule has 73 heavy (non-hydrogen) atoms. The molecule has 3 aliphatic carbocycles. The van der Waals surface area contributed by atoms with E-state index in [1.807, 2.05) is 0 Å². The van der Waals surface area contributed by atoms with Crippen LogP contribution in [-0.4, -0.2) is 21.9 Å². The lowest BCUT2D eigenvalue weighted by molar-refractivity contribution is 0.484. The maximum atomic E-state index is 7.70. The average Bonchev–Trinajstić information content (AvgIpc) is 4.01. The maximum Gasteiger partial charge on any atom is 0.251 e. The van der Waals surface area contributed by atoms with Gasteiger partial charge in [-0.15, -0.1) is 0 Å². The molecule has 2 atom stereocenters. The molecule has 2 aromatic heterocycles. The SMILES string of the molecule is c1ccc(C2(c3ccccc3)c3cc(-n4c5c(c6ccccc64)CCCC5)ccc3B3c4ccc(-n5c6c(c7ccccc75)CCCC6)cc4Oc4cc(N5c6ccccc6C6CCCCCC65)cc2c43)cc1. The fraction of sp³-hybridized carbons (Fsp3) is 0.235. The Kier molecular flexibility index (Phi) is 9.36. The van der Waals surface area contributed by atoms with Gasteiger partial charge in [0, 0.05) is 69.0 Å². The Labute approximate surface area is 429 Å². The molecule has 5 heterocycles. The van der Waals surface area contributed by atoms with Crippen molar-refractivity contribution < 1.29 is 4.74 Å². The molecule has 3 aliphatic heterocycles. The maximum absolute atomic E-state index is 7.70. The van der Waals surface area contributed by atoms with Crippen LogP contribution in [0.25, 0.3) is 33.2 Å². The van der Waals surface area contributed by atoms with Crippen LogP contribution in [0, 0.1) is 0 Å². The average molecular weight is 944 g/mol. The highest BCUT2D eigenvalue weighted by Crippen LogP contribution is 2.54. The highest BCUT2D eigenvalue weighted by atomic mass is 16.5. The summed E-state index contributed by atoms with van der Waals surface area (Å²) >= 11 is 0. The van der Waals surface area contributed by atoms with Gasteiger partial charge in [-0.3, -0.25) is 0 Å². The van der Waals surface area contributed by atoms with Crippen LogP contribution in [-0.2, 0) is 31.1 Å². The number of hydrogen-bond acceptors (Lipinski definition) is 2. The zero-order valence-corrected chi connectivity index (χ0v) is 41.5. The second-order valence-electron chi connectivity index (χ2n) is 22.1. The van der Waals surface area contributed by atoms with Gasteiger partial charge >= 0.3 is 0 Å². The van der Waals surface area contributed by atoms with Crippen molar-refractivity contribution in [1.29, 1.82) is 0 Å². The molecule has 0 radical (unpaired) electrons. The first-order valence-electron chi connectivity index (χ1n) is 27.6. The van der Waals surface area contributed by atoms with Crippen LogP contribution in [0.15, 0.2) is 182 Å². The fourth-order valence-electron chi connectivity index (χ4n) is 15.7. The van der Waals surface area contributed by atoms with Crippen LogP contribution >= 0.6 is 0 Å². The van der Waals surface area contributed by atoms with Crippen LogP contribution in [0.1, 0.15) is 114 Å². The van der Waals surface area contributed by atoms with Gasteiger partial charge in [-0.1, -0.05) is 152 Å². The third-order valence-electron chi connectivity index (χ3n) is 18.6. The van der Waals surface area contributed by atoms with Crippen molar-refractivity contribution in [3.8, 4) is 22.9 Å². The normalized spacial score (nSPS) is 19.0. The first-order valence-corrected chi connectivity index (χ1v) is 27.6.